The largest absolute Gasteiger partial charge is 0.491 e. The number of aliphatic hydroxyl groups excluding tert-OH is 1. The van der Waals surface area contributed by atoms with E-state index in [0.717, 1.165) is 25.0 Å². The first-order valence-electron chi connectivity index (χ1n) is 8.29. The molecule has 3 heteroatoms. The van der Waals surface area contributed by atoms with Crippen LogP contribution in [0.25, 0.3) is 0 Å². The van der Waals surface area contributed by atoms with Gasteiger partial charge in [-0.05, 0) is 49.8 Å². The lowest BCUT2D eigenvalue weighted by Crippen LogP contribution is -2.20. The van der Waals surface area contributed by atoms with Crippen LogP contribution >= 0.6 is 0 Å². The van der Waals surface area contributed by atoms with Crippen LogP contribution in [0.15, 0.2) is 24.3 Å². The molecule has 21 heavy (non-hydrogen) atoms. The predicted molar refractivity (Wildman–Crippen MR) is 86.5 cm³/mol. The van der Waals surface area contributed by atoms with Gasteiger partial charge >= 0.3 is 0 Å². The van der Waals surface area contributed by atoms with Gasteiger partial charge in [0.2, 0.25) is 0 Å². The van der Waals surface area contributed by atoms with E-state index in [1.807, 2.05) is 19.1 Å². The maximum atomic E-state index is 10.0. The average molecular weight is 291 g/mol. The summed E-state index contributed by atoms with van der Waals surface area (Å²) in [5.74, 6) is 1.54. The van der Waals surface area contributed by atoms with Gasteiger partial charge in [0.05, 0.1) is 6.10 Å². The fourth-order valence-electron chi connectivity index (χ4n) is 3.04. The van der Waals surface area contributed by atoms with Gasteiger partial charge < -0.3 is 15.6 Å². The summed E-state index contributed by atoms with van der Waals surface area (Å²) >= 11 is 0. The molecule has 1 aliphatic carbocycles. The zero-order valence-electron chi connectivity index (χ0n) is 13.1. The van der Waals surface area contributed by atoms with Crippen LogP contribution in [0.3, 0.4) is 0 Å². The fourth-order valence-corrected chi connectivity index (χ4v) is 3.04. The van der Waals surface area contributed by atoms with E-state index < -0.39 is 0 Å². The molecule has 1 aromatic carbocycles. The van der Waals surface area contributed by atoms with E-state index in [0.29, 0.717) is 12.5 Å². The topological polar surface area (TPSA) is 55.5 Å². The number of hydrogen-bond donors (Lipinski definition) is 2. The van der Waals surface area contributed by atoms with Gasteiger partial charge in [-0.3, -0.25) is 0 Å². The second-order valence-electron chi connectivity index (χ2n) is 6.51. The summed E-state index contributed by atoms with van der Waals surface area (Å²) in [5, 5.41) is 10.0. The van der Waals surface area contributed by atoms with Crippen molar-refractivity contribution in [1.29, 1.82) is 0 Å². The Labute approximate surface area is 128 Å². The van der Waals surface area contributed by atoms with Gasteiger partial charge in [0, 0.05) is 6.04 Å². The first-order chi connectivity index (χ1) is 10.1. The van der Waals surface area contributed by atoms with Crippen molar-refractivity contribution >= 4 is 0 Å². The third-order valence-corrected chi connectivity index (χ3v) is 4.33. The summed E-state index contributed by atoms with van der Waals surface area (Å²) in [5.41, 5.74) is 7.05. The molecule has 3 nitrogen and oxygen atoms in total. The Hall–Kier alpha value is -1.06. The number of rotatable bonds is 8. The molecular weight excluding hydrogens is 262 g/mol. The Morgan fingerprint density at radius 2 is 1.90 bits per heavy atom. The summed E-state index contributed by atoms with van der Waals surface area (Å²) in [6, 6.07) is 8.38. The van der Waals surface area contributed by atoms with Crippen molar-refractivity contribution in [2.24, 2.45) is 11.7 Å². The summed E-state index contributed by atoms with van der Waals surface area (Å²) in [6.45, 7) is 2.43. The van der Waals surface area contributed by atoms with E-state index in [2.05, 4.69) is 12.1 Å². The third kappa shape index (κ3) is 6.06. The minimum absolute atomic E-state index is 0.242. The molecule has 0 saturated heterocycles. The standard InChI is InChI=1S/C18H29NO2/c1-14(19)6-7-15-8-10-18(11-9-15)21-13-17(20)12-16-4-2-3-5-16/h8-11,14,16-17,20H,2-7,12-13,19H2,1H3. The Bertz CT molecular complexity index is 396. The van der Waals surface area contributed by atoms with Crippen LogP contribution in [0.2, 0.25) is 0 Å². The zero-order chi connectivity index (χ0) is 15.1. The summed E-state index contributed by atoms with van der Waals surface area (Å²) in [6.07, 6.45) is 7.72. The molecule has 0 radical (unpaired) electrons. The van der Waals surface area contributed by atoms with Gasteiger partial charge in [0.1, 0.15) is 12.4 Å². The Balaban J connectivity index is 1.70. The second-order valence-corrected chi connectivity index (χ2v) is 6.51. The van der Waals surface area contributed by atoms with Crippen molar-refractivity contribution in [1.82, 2.24) is 0 Å². The molecular formula is C18H29NO2. The van der Waals surface area contributed by atoms with Crippen molar-refractivity contribution in [3.05, 3.63) is 29.8 Å². The normalized spacial score (nSPS) is 18.6. The lowest BCUT2D eigenvalue weighted by Gasteiger charge is -2.16. The highest BCUT2D eigenvalue weighted by Gasteiger charge is 2.19. The molecule has 3 N–H and O–H groups in total. The van der Waals surface area contributed by atoms with Crippen LogP contribution in [0.5, 0.6) is 5.75 Å². The monoisotopic (exact) mass is 291 g/mol. The van der Waals surface area contributed by atoms with E-state index in [9.17, 15) is 5.11 Å². The van der Waals surface area contributed by atoms with E-state index in [4.69, 9.17) is 10.5 Å². The van der Waals surface area contributed by atoms with Crippen LogP contribution in [0, 0.1) is 5.92 Å². The summed E-state index contributed by atoms with van der Waals surface area (Å²) < 4.78 is 5.68. The minimum atomic E-state index is -0.342. The maximum Gasteiger partial charge on any atom is 0.119 e. The fraction of sp³-hybridized carbons (Fsp3) is 0.667. The molecule has 0 aromatic heterocycles. The van der Waals surface area contributed by atoms with Gasteiger partial charge in [-0.2, -0.15) is 0 Å². The highest BCUT2D eigenvalue weighted by atomic mass is 16.5. The molecule has 0 bridgehead atoms. The molecule has 2 unspecified atom stereocenters. The maximum absolute atomic E-state index is 10.0. The molecule has 1 aromatic rings. The number of aliphatic hydroxyl groups is 1. The molecule has 0 aliphatic heterocycles. The zero-order valence-corrected chi connectivity index (χ0v) is 13.1. The van der Waals surface area contributed by atoms with Gasteiger partial charge in [-0.1, -0.05) is 37.8 Å². The van der Waals surface area contributed by atoms with Crippen molar-refractivity contribution in [2.75, 3.05) is 6.61 Å². The number of nitrogens with two attached hydrogens (primary N) is 1. The molecule has 1 fully saturated rings. The smallest absolute Gasteiger partial charge is 0.119 e. The quantitative estimate of drug-likeness (QED) is 0.773. The Kier molecular flexibility index (Phi) is 6.52. The van der Waals surface area contributed by atoms with Gasteiger partial charge in [0.25, 0.3) is 0 Å². The van der Waals surface area contributed by atoms with Crippen molar-refractivity contribution < 1.29 is 9.84 Å². The van der Waals surface area contributed by atoms with Gasteiger partial charge in [-0.15, -0.1) is 0 Å². The minimum Gasteiger partial charge on any atom is -0.491 e. The molecule has 1 saturated carbocycles. The first kappa shape index (κ1) is 16.3. The van der Waals surface area contributed by atoms with E-state index >= 15 is 0 Å². The van der Waals surface area contributed by atoms with Gasteiger partial charge in [0.15, 0.2) is 0 Å². The van der Waals surface area contributed by atoms with Crippen LogP contribution in [-0.2, 0) is 6.42 Å². The highest BCUT2D eigenvalue weighted by Crippen LogP contribution is 2.28. The van der Waals surface area contributed by atoms with Crippen molar-refractivity contribution in [3.63, 3.8) is 0 Å². The lowest BCUT2D eigenvalue weighted by atomic mass is 10.0. The van der Waals surface area contributed by atoms with Crippen LogP contribution in [-0.4, -0.2) is 23.9 Å². The second kappa shape index (κ2) is 8.40. The van der Waals surface area contributed by atoms with Crippen molar-refractivity contribution in [2.45, 2.75) is 64.0 Å². The Morgan fingerprint density at radius 3 is 2.52 bits per heavy atom. The average Bonchev–Trinajstić information content (AvgIpc) is 2.97. The highest BCUT2D eigenvalue weighted by molar-refractivity contribution is 5.27. The van der Waals surface area contributed by atoms with Crippen molar-refractivity contribution in [3.8, 4) is 5.75 Å². The van der Waals surface area contributed by atoms with E-state index in [1.54, 1.807) is 0 Å². The number of hydrogen-bond acceptors (Lipinski definition) is 3. The molecule has 2 atom stereocenters. The number of aryl methyl sites for hydroxylation is 1. The molecule has 2 rings (SSSR count). The molecule has 118 valence electrons. The van der Waals surface area contributed by atoms with E-state index in [1.165, 1.54) is 31.2 Å². The predicted octanol–water partition coefficient (Wildman–Crippen LogP) is 3.29. The Morgan fingerprint density at radius 1 is 1.24 bits per heavy atom. The summed E-state index contributed by atoms with van der Waals surface area (Å²) in [7, 11) is 0. The molecule has 0 amide bonds. The van der Waals surface area contributed by atoms with Crippen LogP contribution < -0.4 is 10.5 Å². The number of ether oxygens (including phenoxy) is 1. The lowest BCUT2D eigenvalue weighted by molar-refractivity contribution is 0.0855. The summed E-state index contributed by atoms with van der Waals surface area (Å²) in [4.78, 5) is 0. The van der Waals surface area contributed by atoms with Gasteiger partial charge in [-0.25, -0.2) is 0 Å². The molecule has 0 spiro atoms. The van der Waals surface area contributed by atoms with Crippen LogP contribution in [0.4, 0.5) is 0 Å². The van der Waals surface area contributed by atoms with E-state index in [-0.39, 0.29) is 12.1 Å². The third-order valence-electron chi connectivity index (χ3n) is 4.33. The van der Waals surface area contributed by atoms with Crippen LogP contribution in [0.1, 0.15) is 51.0 Å². The number of benzene rings is 1. The first-order valence-corrected chi connectivity index (χ1v) is 8.29. The SMILES string of the molecule is CC(N)CCc1ccc(OCC(O)CC2CCCC2)cc1. The molecule has 0 heterocycles. The molecule has 1 aliphatic rings.